The molecule has 1 atom stereocenters. The molecule has 0 amide bonds. The van der Waals surface area contributed by atoms with E-state index in [-0.39, 0.29) is 6.10 Å². The van der Waals surface area contributed by atoms with Crippen molar-refractivity contribution in [2.45, 2.75) is 18.9 Å². The van der Waals surface area contributed by atoms with Crippen LogP contribution in [0.2, 0.25) is 0 Å². The lowest BCUT2D eigenvalue weighted by molar-refractivity contribution is 0.192. The van der Waals surface area contributed by atoms with E-state index in [4.69, 9.17) is 10.5 Å². The highest BCUT2D eigenvalue weighted by atomic mass is 16.5. The summed E-state index contributed by atoms with van der Waals surface area (Å²) in [4.78, 5) is 0. The Morgan fingerprint density at radius 1 is 0.889 bits per heavy atom. The minimum absolute atomic E-state index is 0.0807. The zero-order valence-electron chi connectivity index (χ0n) is 10.5. The molecule has 18 heavy (non-hydrogen) atoms. The standard InChI is InChI=1S/C16H19NO/c17-13-7-12-16(14-8-3-1-4-9-14)18-15-10-5-2-6-11-15/h1-6,8-11,16H,7,12-13,17H2/t16-/m1/s1. The topological polar surface area (TPSA) is 35.2 Å². The first-order valence-electron chi connectivity index (χ1n) is 6.37. The molecule has 0 fully saturated rings. The van der Waals surface area contributed by atoms with Crippen molar-refractivity contribution < 1.29 is 4.74 Å². The van der Waals surface area contributed by atoms with E-state index in [1.165, 1.54) is 5.56 Å². The number of rotatable bonds is 6. The first kappa shape index (κ1) is 12.7. The Bertz CT molecular complexity index is 441. The van der Waals surface area contributed by atoms with Crippen LogP contribution in [0.1, 0.15) is 24.5 Å². The van der Waals surface area contributed by atoms with Gasteiger partial charge < -0.3 is 10.5 Å². The van der Waals surface area contributed by atoms with Crippen molar-refractivity contribution >= 4 is 0 Å². The number of benzene rings is 2. The van der Waals surface area contributed by atoms with Crippen molar-refractivity contribution in [3.05, 3.63) is 66.2 Å². The average Bonchev–Trinajstić information content (AvgIpc) is 2.45. The first-order chi connectivity index (χ1) is 8.90. The normalized spacial score (nSPS) is 12.1. The van der Waals surface area contributed by atoms with Crippen LogP contribution >= 0.6 is 0 Å². The molecule has 0 saturated carbocycles. The number of ether oxygens (including phenoxy) is 1. The smallest absolute Gasteiger partial charge is 0.124 e. The molecular weight excluding hydrogens is 222 g/mol. The lowest BCUT2D eigenvalue weighted by atomic mass is 10.0. The predicted octanol–water partition coefficient (Wildman–Crippen LogP) is 3.55. The number of nitrogens with two attached hydrogens (primary N) is 1. The van der Waals surface area contributed by atoms with Crippen LogP contribution in [0.4, 0.5) is 0 Å². The molecule has 2 aromatic carbocycles. The van der Waals surface area contributed by atoms with Gasteiger partial charge in [-0.3, -0.25) is 0 Å². The van der Waals surface area contributed by atoms with E-state index >= 15 is 0 Å². The van der Waals surface area contributed by atoms with Crippen LogP contribution in [0.3, 0.4) is 0 Å². The minimum Gasteiger partial charge on any atom is -0.486 e. The maximum absolute atomic E-state index is 6.05. The minimum atomic E-state index is 0.0807. The molecule has 0 bridgehead atoms. The molecule has 94 valence electrons. The first-order valence-corrected chi connectivity index (χ1v) is 6.37. The highest BCUT2D eigenvalue weighted by Gasteiger charge is 2.12. The fourth-order valence-corrected chi connectivity index (χ4v) is 1.93. The summed E-state index contributed by atoms with van der Waals surface area (Å²) in [5.41, 5.74) is 6.80. The van der Waals surface area contributed by atoms with Gasteiger partial charge in [0.25, 0.3) is 0 Å². The Labute approximate surface area is 108 Å². The maximum Gasteiger partial charge on any atom is 0.124 e. The van der Waals surface area contributed by atoms with Crippen LogP contribution in [0.15, 0.2) is 60.7 Å². The van der Waals surface area contributed by atoms with E-state index in [0.29, 0.717) is 6.54 Å². The predicted molar refractivity (Wildman–Crippen MR) is 74.5 cm³/mol. The molecule has 2 aromatic rings. The highest BCUT2D eigenvalue weighted by Crippen LogP contribution is 2.25. The van der Waals surface area contributed by atoms with Crippen molar-refractivity contribution in [2.24, 2.45) is 5.73 Å². The van der Waals surface area contributed by atoms with Gasteiger partial charge in [-0.1, -0.05) is 48.5 Å². The largest absolute Gasteiger partial charge is 0.486 e. The summed E-state index contributed by atoms with van der Waals surface area (Å²) in [6, 6.07) is 20.2. The van der Waals surface area contributed by atoms with Gasteiger partial charge in [0.15, 0.2) is 0 Å². The average molecular weight is 241 g/mol. The van der Waals surface area contributed by atoms with Crippen LogP contribution in [-0.4, -0.2) is 6.54 Å². The van der Waals surface area contributed by atoms with Crippen LogP contribution in [0.25, 0.3) is 0 Å². The van der Waals surface area contributed by atoms with Crippen LogP contribution < -0.4 is 10.5 Å². The van der Waals surface area contributed by atoms with Crippen molar-refractivity contribution in [2.75, 3.05) is 6.54 Å². The molecule has 0 unspecified atom stereocenters. The fraction of sp³-hybridized carbons (Fsp3) is 0.250. The van der Waals surface area contributed by atoms with Gasteiger partial charge in [0.2, 0.25) is 0 Å². The molecular formula is C16H19NO. The van der Waals surface area contributed by atoms with Crippen LogP contribution in [0.5, 0.6) is 5.75 Å². The van der Waals surface area contributed by atoms with E-state index < -0.39 is 0 Å². The molecule has 0 spiro atoms. The second-order valence-electron chi connectivity index (χ2n) is 4.26. The summed E-state index contributed by atoms with van der Waals surface area (Å²) < 4.78 is 6.05. The van der Waals surface area contributed by atoms with E-state index in [2.05, 4.69) is 12.1 Å². The second kappa shape index (κ2) is 6.82. The molecule has 2 nitrogen and oxygen atoms in total. The zero-order chi connectivity index (χ0) is 12.6. The molecule has 0 aromatic heterocycles. The van der Waals surface area contributed by atoms with Crippen molar-refractivity contribution in [3.8, 4) is 5.75 Å². The fourth-order valence-electron chi connectivity index (χ4n) is 1.93. The molecule has 2 heteroatoms. The summed E-state index contributed by atoms with van der Waals surface area (Å²) >= 11 is 0. The SMILES string of the molecule is NCCC[C@@H](Oc1ccccc1)c1ccccc1. The molecule has 0 aliphatic carbocycles. The number of para-hydroxylation sites is 1. The Balaban J connectivity index is 2.10. The Hall–Kier alpha value is -1.80. The van der Waals surface area contributed by atoms with Gasteiger partial charge >= 0.3 is 0 Å². The molecule has 2 rings (SSSR count). The molecule has 0 aliphatic heterocycles. The number of hydrogen-bond donors (Lipinski definition) is 1. The van der Waals surface area contributed by atoms with E-state index in [9.17, 15) is 0 Å². The molecule has 0 heterocycles. The third-order valence-corrected chi connectivity index (χ3v) is 2.86. The maximum atomic E-state index is 6.05. The molecule has 2 N–H and O–H groups in total. The summed E-state index contributed by atoms with van der Waals surface area (Å²) in [5.74, 6) is 0.906. The molecule has 0 saturated heterocycles. The van der Waals surface area contributed by atoms with E-state index in [1.54, 1.807) is 0 Å². The van der Waals surface area contributed by atoms with Gasteiger partial charge in [-0.05, 0) is 37.1 Å². The Morgan fingerprint density at radius 3 is 2.11 bits per heavy atom. The summed E-state index contributed by atoms with van der Waals surface area (Å²) in [6.07, 6.45) is 1.99. The van der Waals surface area contributed by atoms with Gasteiger partial charge in [0, 0.05) is 0 Å². The summed E-state index contributed by atoms with van der Waals surface area (Å²) in [7, 11) is 0. The van der Waals surface area contributed by atoms with Gasteiger partial charge in [0.1, 0.15) is 11.9 Å². The van der Waals surface area contributed by atoms with Crippen molar-refractivity contribution in [1.29, 1.82) is 0 Å². The summed E-state index contributed by atoms with van der Waals surface area (Å²) in [6.45, 7) is 0.696. The van der Waals surface area contributed by atoms with Gasteiger partial charge in [-0.2, -0.15) is 0 Å². The lowest BCUT2D eigenvalue weighted by Gasteiger charge is -2.19. The summed E-state index contributed by atoms with van der Waals surface area (Å²) in [5, 5.41) is 0. The molecule has 0 aliphatic rings. The van der Waals surface area contributed by atoms with Crippen LogP contribution in [0, 0.1) is 0 Å². The second-order valence-corrected chi connectivity index (χ2v) is 4.26. The number of hydrogen-bond acceptors (Lipinski definition) is 2. The van der Waals surface area contributed by atoms with E-state index in [0.717, 1.165) is 18.6 Å². The van der Waals surface area contributed by atoms with E-state index in [1.807, 2.05) is 48.5 Å². The Morgan fingerprint density at radius 2 is 1.50 bits per heavy atom. The van der Waals surface area contributed by atoms with Gasteiger partial charge in [0.05, 0.1) is 0 Å². The highest BCUT2D eigenvalue weighted by molar-refractivity contribution is 5.24. The van der Waals surface area contributed by atoms with Crippen LogP contribution in [-0.2, 0) is 0 Å². The molecule has 0 radical (unpaired) electrons. The Kier molecular flexibility index (Phi) is 4.79. The lowest BCUT2D eigenvalue weighted by Crippen LogP contribution is -2.10. The van der Waals surface area contributed by atoms with Crippen molar-refractivity contribution in [1.82, 2.24) is 0 Å². The third kappa shape index (κ3) is 3.60. The third-order valence-electron chi connectivity index (χ3n) is 2.86. The monoisotopic (exact) mass is 241 g/mol. The van der Waals surface area contributed by atoms with Crippen molar-refractivity contribution in [3.63, 3.8) is 0 Å². The quantitative estimate of drug-likeness (QED) is 0.839. The van der Waals surface area contributed by atoms with Gasteiger partial charge in [-0.15, -0.1) is 0 Å². The zero-order valence-corrected chi connectivity index (χ0v) is 10.5. The van der Waals surface area contributed by atoms with Gasteiger partial charge in [-0.25, -0.2) is 0 Å².